The van der Waals surface area contributed by atoms with Crippen LogP contribution in [0.2, 0.25) is 0 Å². The molecule has 4 fully saturated rings. The second kappa shape index (κ2) is 10.4. The number of nitrogens with zero attached hydrogens (tertiary/aromatic N) is 6. The molecular weight excluding hydrogens is 561 g/mol. The van der Waals surface area contributed by atoms with Gasteiger partial charge in [-0.25, -0.2) is 4.39 Å². The van der Waals surface area contributed by atoms with Crippen LogP contribution in [-0.4, -0.2) is 81.1 Å². The minimum absolute atomic E-state index is 0.0313. The summed E-state index contributed by atoms with van der Waals surface area (Å²) in [4.78, 5) is 27.9. The van der Waals surface area contributed by atoms with E-state index in [0.29, 0.717) is 49.1 Å². The quantitative estimate of drug-likeness (QED) is 0.310. The Balaban J connectivity index is 1.28. The van der Waals surface area contributed by atoms with Crippen LogP contribution >= 0.6 is 0 Å². The first-order valence-corrected chi connectivity index (χ1v) is 15.3. The van der Waals surface area contributed by atoms with E-state index in [1.165, 1.54) is 30.5 Å². The minimum Gasteiger partial charge on any atom is -0.508 e. The van der Waals surface area contributed by atoms with Crippen molar-refractivity contribution < 1.29 is 17.0 Å². The van der Waals surface area contributed by atoms with Crippen molar-refractivity contribution in [2.75, 3.05) is 44.2 Å². The summed E-state index contributed by atoms with van der Waals surface area (Å²) in [6, 6.07) is 5.74. The molecule has 0 unspecified atom stereocenters. The van der Waals surface area contributed by atoms with Gasteiger partial charge in [0.1, 0.15) is 22.9 Å². The van der Waals surface area contributed by atoms with Crippen molar-refractivity contribution in [2.24, 2.45) is 5.41 Å². The van der Waals surface area contributed by atoms with Crippen LogP contribution in [0.5, 0.6) is 11.8 Å². The predicted molar refractivity (Wildman–Crippen MR) is 165 cm³/mol. The third kappa shape index (κ3) is 4.73. The Kier molecular flexibility index (Phi) is 5.95. The maximum Gasteiger partial charge on any atom is 0.319 e. The molecule has 11 heteroatoms. The van der Waals surface area contributed by atoms with E-state index >= 15 is 0 Å². The first kappa shape index (κ1) is 25.1. The Morgan fingerprint density at radius 3 is 2.68 bits per heavy atom. The molecule has 0 spiro atoms. The van der Waals surface area contributed by atoms with E-state index < -0.39 is 23.4 Å². The number of hydrogen-bond donors (Lipinski definition) is 2. The number of aromatic hydroxyl groups is 1. The van der Waals surface area contributed by atoms with Crippen LogP contribution in [0.1, 0.15) is 46.8 Å². The number of terminal acetylenes is 1. The highest BCUT2D eigenvalue weighted by Gasteiger charge is 2.45. The Morgan fingerprint density at radius 2 is 1.95 bits per heavy atom. The molecule has 0 amide bonds. The van der Waals surface area contributed by atoms with Gasteiger partial charge in [0.2, 0.25) is 0 Å². The standard InChI is InChI=1S/C33H34FN7O3/c1-2-24-26(34)8-5-20-13-23(42)14-27(28(20)24)41-31(43)29-25(15-35-41)30(40-16-21-6-7-22(17-40)36-21)38-32(37-29)44-19-33(9-10-33)18-39-11-3-4-12-39/h1,5,8,13-15,21-22,36,42H,3-4,6-7,9-12,16-19H2/t21-,22+/i19D2. The number of benzene rings is 2. The fourth-order valence-electron chi connectivity index (χ4n) is 7.09. The highest BCUT2D eigenvalue weighted by molar-refractivity contribution is 5.97. The van der Waals surface area contributed by atoms with E-state index in [0.717, 1.165) is 43.5 Å². The summed E-state index contributed by atoms with van der Waals surface area (Å²) >= 11 is 0. The van der Waals surface area contributed by atoms with Gasteiger partial charge >= 0.3 is 6.01 Å². The number of aromatic nitrogens is 4. The number of rotatable bonds is 7. The molecule has 44 heavy (non-hydrogen) atoms. The maximum atomic E-state index is 14.8. The molecule has 2 aromatic heterocycles. The van der Waals surface area contributed by atoms with Crippen molar-refractivity contribution in [3.05, 3.63) is 52.2 Å². The molecule has 3 saturated heterocycles. The smallest absolute Gasteiger partial charge is 0.319 e. The number of likely N-dealkylation sites (tertiary alicyclic amines) is 1. The zero-order valence-electron chi connectivity index (χ0n) is 26.2. The van der Waals surface area contributed by atoms with Crippen molar-refractivity contribution in [1.29, 1.82) is 0 Å². The summed E-state index contributed by atoms with van der Waals surface area (Å²) in [6.45, 7) is 1.72. The highest BCUT2D eigenvalue weighted by Crippen LogP contribution is 2.47. The van der Waals surface area contributed by atoms with E-state index in [2.05, 4.69) is 31.1 Å². The predicted octanol–water partition coefficient (Wildman–Crippen LogP) is 3.35. The normalized spacial score (nSPS) is 23.5. The SMILES string of the molecule is [2H]C([2H])(Oc1nc(N2C[C@H]3CC[C@@H](C2)N3)c2cnn(-c3cc(O)cc4ccc(F)c(C#C)c34)c(=O)c2n1)C1(CN2CCCC2)CC1. The monoisotopic (exact) mass is 597 g/mol. The first-order chi connectivity index (χ1) is 22.1. The van der Waals surface area contributed by atoms with E-state index in [4.69, 9.17) is 18.9 Å². The number of phenols is 1. The molecule has 4 aromatic rings. The molecule has 4 aliphatic rings. The molecule has 2 bridgehead atoms. The molecule has 2 atom stereocenters. The first-order valence-electron chi connectivity index (χ1n) is 16.3. The Labute approximate surface area is 256 Å². The molecule has 8 rings (SSSR count). The fraction of sp³-hybridized carbons (Fsp3) is 0.455. The van der Waals surface area contributed by atoms with Gasteiger partial charge in [-0.15, -0.1) is 6.42 Å². The third-order valence-corrected chi connectivity index (χ3v) is 9.46. The van der Waals surface area contributed by atoms with Crippen molar-refractivity contribution >= 4 is 27.5 Å². The van der Waals surface area contributed by atoms with Gasteiger partial charge in [-0.05, 0) is 69.1 Å². The summed E-state index contributed by atoms with van der Waals surface area (Å²) in [5.74, 6) is 2.02. The number of hydrogen-bond acceptors (Lipinski definition) is 9. The van der Waals surface area contributed by atoms with E-state index in [1.54, 1.807) is 0 Å². The number of piperazine rings is 1. The average molecular weight is 598 g/mol. The molecule has 226 valence electrons. The third-order valence-electron chi connectivity index (χ3n) is 9.46. The number of phenolic OH excluding ortho intramolecular Hbond substituents is 1. The van der Waals surface area contributed by atoms with Crippen molar-refractivity contribution in [3.8, 4) is 29.8 Å². The van der Waals surface area contributed by atoms with E-state index in [-0.39, 0.29) is 46.0 Å². The number of ether oxygens (including phenoxy) is 1. The zero-order valence-corrected chi connectivity index (χ0v) is 24.2. The van der Waals surface area contributed by atoms with Gasteiger partial charge in [-0.1, -0.05) is 12.0 Å². The Morgan fingerprint density at radius 1 is 1.18 bits per heavy atom. The topological polar surface area (TPSA) is 109 Å². The molecule has 2 aromatic carbocycles. The Hall–Kier alpha value is -4.27. The minimum atomic E-state index is -2.07. The summed E-state index contributed by atoms with van der Waals surface area (Å²) in [5.41, 5.74) is -1.35. The molecule has 3 aliphatic heterocycles. The largest absolute Gasteiger partial charge is 0.508 e. The second-order valence-electron chi connectivity index (χ2n) is 12.6. The van der Waals surface area contributed by atoms with Gasteiger partial charge in [0.05, 0.1) is 32.1 Å². The van der Waals surface area contributed by atoms with Gasteiger partial charge in [-0.3, -0.25) is 4.79 Å². The number of nitrogens with one attached hydrogen (secondary N) is 1. The van der Waals surface area contributed by atoms with E-state index in [9.17, 15) is 14.3 Å². The van der Waals surface area contributed by atoms with Crippen LogP contribution in [0, 0.1) is 23.6 Å². The summed E-state index contributed by atoms with van der Waals surface area (Å²) in [6.07, 6.45) is 12.8. The lowest BCUT2D eigenvalue weighted by molar-refractivity contribution is 0.170. The molecule has 1 saturated carbocycles. The van der Waals surface area contributed by atoms with Crippen molar-refractivity contribution in [2.45, 2.75) is 50.6 Å². The van der Waals surface area contributed by atoms with Gasteiger partial charge in [0.15, 0.2) is 0 Å². The van der Waals surface area contributed by atoms with Crippen LogP contribution in [0.4, 0.5) is 10.2 Å². The zero-order chi connectivity index (χ0) is 31.8. The number of anilines is 1. The lowest BCUT2D eigenvalue weighted by Gasteiger charge is -2.34. The van der Waals surface area contributed by atoms with Gasteiger partial charge in [0, 0.05) is 48.6 Å². The highest BCUT2D eigenvalue weighted by atomic mass is 19.1. The molecule has 2 N–H and O–H groups in total. The van der Waals surface area contributed by atoms with Crippen LogP contribution in [0.15, 0.2) is 35.3 Å². The molecule has 0 radical (unpaired) electrons. The summed E-state index contributed by atoms with van der Waals surface area (Å²) < 4.78 is 40.0. The van der Waals surface area contributed by atoms with Gasteiger partial charge in [0.25, 0.3) is 5.56 Å². The van der Waals surface area contributed by atoms with Crippen LogP contribution in [0.25, 0.3) is 27.4 Å². The maximum absolute atomic E-state index is 14.8. The second-order valence-corrected chi connectivity index (χ2v) is 12.6. The van der Waals surface area contributed by atoms with Gasteiger partial charge < -0.3 is 25.0 Å². The van der Waals surface area contributed by atoms with Crippen LogP contribution < -0.4 is 20.5 Å². The molecular formula is C33H34FN7O3. The van der Waals surface area contributed by atoms with E-state index in [1.807, 2.05) is 0 Å². The lowest BCUT2D eigenvalue weighted by atomic mass is 10.0. The van der Waals surface area contributed by atoms with Crippen LogP contribution in [0.3, 0.4) is 0 Å². The molecule has 1 aliphatic carbocycles. The lowest BCUT2D eigenvalue weighted by Crippen LogP contribution is -2.51. The average Bonchev–Trinajstić information content (AvgIpc) is 3.51. The number of fused-ring (bicyclic) bond motifs is 4. The molecule has 5 heterocycles. The van der Waals surface area contributed by atoms with Crippen molar-refractivity contribution in [3.63, 3.8) is 0 Å². The van der Waals surface area contributed by atoms with Crippen molar-refractivity contribution in [1.82, 2.24) is 30.0 Å². The number of halogens is 1. The fourth-order valence-corrected chi connectivity index (χ4v) is 7.09. The summed E-state index contributed by atoms with van der Waals surface area (Å²) in [7, 11) is 0. The summed E-state index contributed by atoms with van der Waals surface area (Å²) in [5, 5.41) is 19.7. The molecule has 10 nitrogen and oxygen atoms in total. The van der Waals surface area contributed by atoms with Gasteiger partial charge in [-0.2, -0.15) is 19.7 Å². The van der Waals surface area contributed by atoms with Crippen LogP contribution in [-0.2, 0) is 0 Å². The Bertz CT molecular complexity index is 1970.